The molecule has 0 bridgehead atoms. The minimum atomic E-state index is 0.292. The van der Waals surface area contributed by atoms with Crippen molar-refractivity contribution in [3.05, 3.63) is 21.3 Å². The predicted octanol–water partition coefficient (Wildman–Crippen LogP) is 4.50. The number of ether oxygens (including phenoxy) is 1. The standard InChI is InChI=1S/C15H24ClNOS/c1-5-8-17-15(12-6-7-13(16)19-12)14-9(2)10(3)18-11(14)4/h6-7,9-11,14-15,17H,5,8H2,1-4H3. The summed E-state index contributed by atoms with van der Waals surface area (Å²) in [6.07, 6.45) is 1.77. The van der Waals surface area contributed by atoms with Gasteiger partial charge in [0.05, 0.1) is 16.5 Å². The smallest absolute Gasteiger partial charge is 0.0931 e. The Morgan fingerprint density at radius 3 is 2.53 bits per heavy atom. The summed E-state index contributed by atoms with van der Waals surface area (Å²) < 4.78 is 6.87. The molecule has 0 radical (unpaired) electrons. The van der Waals surface area contributed by atoms with Gasteiger partial charge >= 0.3 is 0 Å². The van der Waals surface area contributed by atoms with Gasteiger partial charge in [-0.3, -0.25) is 0 Å². The molecule has 5 atom stereocenters. The lowest BCUT2D eigenvalue weighted by molar-refractivity contribution is 0.0476. The molecule has 1 saturated heterocycles. The second-order valence-electron chi connectivity index (χ2n) is 5.56. The molecule has 1 fully saturated rings. The van der Waals surface area contributed by atoms with Gasteiger partial charge in [0.15, 0.2) is 0 Å². The van der Waals surface area contributed by atoms with Crippen LogP contribution in [-0.4, -0.2) is 18.8 Å². The van der Waals surface area contributed by atoms with Crippen LogP contribution in [0.15, 0.2) is 12.1 Å². The summed E-state index contributed by atoms with van der Waals surface area (Å²) in [5.41, 5.74) is 0. The molecule has 1 aliphatic rings. The van der Waals surface area contributed by atoms with E-state index in [1.165, 1.54) is 4.88 Å². The summed E-state index contributed by atoms with van der Waals surface area (Å²) in [6.45, 7) is 9.91. The average molecular weight is 302 g/mol. The first kappa shape index (κ1) is 15.3. The largest absolute Gasteiger partial charge is 0.375 e. The number of halogens is 1. The molecule has 2 heterocycles. The molecular formula is C15H24ClNOS. The monoisotopic (exact) mass is 301 g/mol. The molecule has 2 nitrogen and oxygen atoms in total. The molecule has 1 aromatic heterocycles. The third-order valence-electron chi connectivity index (χ3n) is 4.22. The lowest BCUT2D eigenvalue weighted by Crippen LogP contribution is -2.34. The maximum Gasteiger partial charge on any atom is 0.0931 e. The summed E-state index contributed by atoms with van der Waals surface area (Å²) >= 11 is 7.79. The average Bonchev–Trinajstić information content (AvgIpc) is 2.88. The molecule has 19 heavy (non-hydrogen) atoms. The Balaban J connectivity index is 2.22. The zero-order valence-corrected chi connectivity index (χ0v) is 13.7. The molecule has 5 unspecified atom stereocenters. The van der Waals surface area contributed by atoms with Gasteiger partial charge in [0.25, 0.3) is 0 Å². The van der Waals surface area contributed by atoms with E-state index in [1.54, 1.807) is 11.3 Å². The van der Waals surface area contributed by atoms with Crippen molar-refractivity contribution >= 4 is 22.9 Å². The highest BCUT2D eigenvalue weighted by atomic mass is 35.5. The van der Waals surface area contributed by atoms with Crippen LogP contribution in [0.25, 0.3) is 0 Å². The lowest BCUT2D eigenvalue weighted by atomic mass is 9.82. The number of rotatable bonds is 5. The van der Waals surface area contributed by atoms with Crippen LogP contribution in [0.2, 0.25) is 4.34 Å². The van der Waals surface area contributed by atoms with E-state index in [9.17, 15) is 0 Å². The van der Waals surface area contributed by atoms with Crippen LogP contribution in [-0.2, 0) is 4.74 Å². The van der Waals surface area contributed by atoms with Crippen LogP contribution < -0.4 is 5.32 Å². The van der Waals surface area contributed by atoms with E-state index in [0.717, 1.165) is 17.3 Å². The maximum atomic E-state index is 6.11. The SMILES string of the molecule is CCCNC(c1ccc(Cl)s1)C1C(C)OC(C)C1C. The van der Waals surface area contributed by atoms with Gasteiger partial charge in [0.2, 0.25) is 0 Å². The van der Waals surface area contributed by atoms with Crippen LogP contribution in [0.4, 0.5) is 0 Å². The number of nitrogens with one attached hydrogen (secondary N) is 1. The van der Waals surface area contributed by atoms with Gasteiger partial charge in [-0.2, -0.15) is 0 Å². The van der Waals surface area contributed by atoms with E-state index < -0.39 is 0 Å². The van der Waals surface area contributed by atoms with Crippen molar-refractivity contribution in [1.82, 2.24) is 5.32 Å². The number of hydrogen-bond acceptors (Lipinski definition) is 3. The molecule has 0 saturated carbocycles. The van der Waals surface area contributed by atoms with Crippen molar-refractivity contribution in [2.24, 2.45) is 11.8 Å². The van der Waals surface area contributed by atoms with Crippen molar-refractivity contribution in [1.29, 1.82) is 0 Å². The van der Waals surface area contributed by atoms with Crippen molar-refractivity contribution in [3.63, 3.8) is 0 Å². The van der Waals surface area contributed by atoms with Gasteiger partial charge in [0.1, 0.15) is 0 Å². The molecule has 0 aromatic carbocycles. The van der Waals surface area contributed by atoms with Crippen LogP contribution in [0.3, 0.4) is 0 Å². The second kappa shape index (κ2) is 6.57. The van der Waals surface area contributed by atoms with Gasteiger partial charge in [-0.1, -0.05) is 25.4 Å². The van der Waals surface area contributed by atoms with Crippen LogP contribution in [0.5, 0.6) is 0 Å². The van der Waals surface area contributed by atoms with Crippen LogP contribution >= 0.6 is 22.9 Å². The van der Waals surface area contributed by atoms with E-state index in [2.05, 4.69) is 39.1 Å². The first-order chi connectivity index (χ1) is 9.04. The minimum Gasteiger partial charge on any atom is -0.375 e. The molecule has 4 heteroatoms. The fourth-order valence-electron chi connectivity index (χ4n) is 3.09. The molecule has 2 rings (SSSR count). The highest BCUT2D eigenvalue weighted by Gasteiger charge is 2.42. The van der Waals surface area contributed by atoms with Crippen molar-refractivity contribution in [2.75, 3.05) is 6.54 Å². The van der Waals surface area contributed by atoms with E-state index in [-0.39, 0.29) is 0 Å². The maximum absolute atomic E-state index is 6.11. The summed E-state index contributed by atoms with van der Waals surface area (Å²) in [6, 6.07) is 4.51. The Morgan fingerprint density at radius 1 is 1.32 bits per heavy atom. The first-order valence-electron chi connectivity index (χ1n) is 7.18. The lowest BCUT2D eigenvalue weighted by Gasteiger charge is -2.29. The number of thiophene rings is 1. The highest BCUT2D eigenvalue weighted by Crippen LogP contribution is 2.42. The Morgan fingerprint density at radius 2 is 2.05 bits per heavy atom. The molecule has 1 aromatic rings. The molecule has 0 amide bonds. The Bertz CT molecular complexity index is 409. The van der Waals surface area contributed by atoms with Gasteiger partial charge in [-0.25, -0.2) is 0 Å². The fraction of sp³-hybridized carbons (Fsp3) is 0.733. The number of hydrogen-bond donors (Lipinski definition) is 1. The van der Waals surface area contributed by atoms with Crippen LogP contribution in [0, 0.1) is 11.8 Å². The highest BCUT2D eigenvalue weighted by molar-refractivity contribution is 7.16. The Labute approximate surface area is 125 Å². The van der Waals surface area contributed by atoms with Gasteiger partial charge in [0, 0.05) is 16.8 Å². The predicted molar refractivity (Wildman–Crippen MR) is 83.0 cm³/mol. The Hall–Kier alpha value is -0.0900. The van der Waals surface area contributed by atoms with Gasteiger partial charge in [-0.05, 0) is 44.9 Å². The zero-order valence-electron chi connectivity index (χ0n) is 12.2. The van der Waals surface area contributed by atoms with E-state index in [1.807, 2.05) is 6.07 Å². The molecule has 0 aliphatic carbocycles. The third-order valence-corrected chi connectivity index (χ3v) is 5.53. The molecule has 1 N–H and O–H groups in total. The normalized spacial score (nSPS) is 32.7. The second-order valence-corrected chi connectivity index (χ2v) is 7.30. The topological polar surface area (TPSA) is 21.3 Å². The van der Waals surface area contributed by atoms with Gasteiger partial charge in [-0.15, -0.1) is 11.3 Å². The first-order valence-corrected chi connectivity index (χ1v) is 8.38. The summed E-state index contributed by atoms with van der Waals surface area (Å²) in [5, 5.41) is 3.69. The third kappa shape index (κ3) is 3.33. The van der Waals surface area contributed by atoms with E-state index >= 15 is 0 Å². The molecule has 108 valence electrons. The van der Waals surface area contributed by atoms with Crippen molar-refractivity contribution < 1.29 is 4.74 Å². The van der Waals surface area contributed by atoms with E-state index in [0.29, 0.717) is 30.1 Å². The van der Waals surface area contributed by atoms with E-state index in [4.69, 9.17) is 16.3 Å². The summed E-state index contributed by atoms with van der Waals surface area (Å²) in [4.78, 5) is 1.33. The van der Waals surface area contributed by atoms with Gasteiger partial charge < -0.3 is 10.1 Å². The molecule has 1 aliphatic heterocycles. The molecule has 0 spiro atoms. The summed E-state index contributed by atoms with van der Waals surface area (Å²) in [7, 11) is 0. The van der Waals surface area contributed by atoms with Crippen molar-refractivity contribution in [2.45, 2.75) is 52.4 Å². The minimum absolute atomic E-state index is 0.292. The van der Waals surface area contributed by atoms with Crippen LogP contribution in [0.1, 0.15) is 45.0 Å². The van der Waals surface area contributed by atoms with Crippen molar-refractivity contribution in [3.8, 4) is 0 Å². The zero-order chi connectivity index (χ0) is 14.0. The Kier molecular flexibility index (Phi) is 5.29. The fourth-order valence-corrected chi connectivity index (χ4v) is 4.28. The summed E-state index contributed by atoms with van der Waals surface area (Å²) in [5.74, 6) is 1.07. The molecular weight excluding hydrogens is 278 g/mol. The quantitative estimate of drug-likeness (QED) is 0.864.